The highest BCUT2D eigenvalue weighted by Crippen LogP contribution is 2.16. The zero-order valence-electron chi connectivity index (χ0n) is 10.7. The van der Waals surface area contributed by atoms with Gasteiger partial charge in [0, 0.05) is 6.04 Å². The third-order valence-corrected chi connectivity index (χ3v) is 2.81. The molecule has 0 heterocycles. The van der Waals surface area contributed by atoms with Crippen LogP contribution in [0.2, 0.25) is 0 Å². The minimum absolute atomic E-state index is 0.166. The van der Waals surface area contributed by atoms with E-state index < -0.39 is 0 Å². The molecule has 1 rings (SSSR count). The normalized spacial score (nSPS) is 13.1. The molecule has 0 saturated carbocycles. The molecule has 1 aromatic carbocycles. The van der Waals surface area contributed by atoms with E-state index in [1.807, 2.05) is 0 Å². The molecule has 1 atom stereocenters. The van der Waals surface area contributed by atoms with Gasteiger partial charge in [-0.2, -0.15) is 0 Å². The van der Waals surface area contributed by atoms with E-state index in [2.05, 4.69) is 50.2 Å². The van der Waals surface area contributed by atoms with Crippen LogP contribution in [0.4, 0.5) is 0 Å². The molecule has 0 aliphatic carbocycles. The van der Waals surface area contributed by atoms with Gasteiger partial charge in [0.05, 0.1) is 0 Å². The maximum absolute atomic E-state index is 6.18. The van der Waals surface area contributed by atoms with Gasteiger partial charge in [-0.25, -0.2) is 0 Å². The Hall–Kier alpha value is -0.860. The Morgan fingerprint density at radius 3 is 2.69 bits per heavy atom. The van der Waals surface area contributed by atoms with Crippen LogP contribution in [-0.4, -0.2) is 25.5 Å². The highest BCUT2D eigenvalue weighted by Gasteiger charge is 2.06. The molecule has 0 bridgehead atoms. The molecule has 0 aliphatic heterocycles. The molecular weight excluding hydrogens is 196 g/mol. The Morgan fingerprint density at radius 2 is 2.06 bits per heavy atom. The number of hydrogen-bond acceptors (Lipinski definition) is 2. The van der Waals surface area contributed by atoms with Gasteiger partial charge in [0.25, 0.3) is 0 Å². The van der Waals surface area contributed by atoms with Crippen LogP contribution in [0.25, 0.3) is 0 Å². The molecule has 2 nitrogen and oxygen atoms in total. The van der Waals surface area contributed by atoms with Crippen molar-refractivity contribution in [3.63, 3.8) is 0 Å². The lowest BCUT2D eigenvalue weighted by Crippen LogP contribution is -2.20. The lowest BCUT2D eigenvalue weighted by atomic mass is 10.0. The standard InChI is InChI=1S/C14H24N2/c1-4-6-12-7-5-8-13(11-12)14(15)9-10-16(2)3/h5,7-8,11,14H,4,6,9-10,15H2,1-3H3. The molecule has 0 aliphatic rings. The van der Waals surface area contributed by atoms with E-state index in [-0.39, 0.29) is 6.04 Å². The van der Waals surface area contributed by atoms with Crippen molar-refractivity contribution < 1.29 is 0 Å². The number of nitrogens with two attached hydrogens (primary N) is 1. The summed E-state index contributed by atoms with van der Waals surface area (Å²) in [7, 11) is 4.17. The second-order valence-electron chi connectivity index (χ2n) is 4.69. The monoisotopic (exact) mass is 220 g/mol. The molecule has 2 heteroatoms. The van der Waals surface area contributed by atoms with Crippen LogP contribution in [0, 0.1) is 0 Å². The van der Waals surface area contributed by atoms with Gasteiger partial charge in [-0.05, 0) is 44.6 Å². The number of benzene rings is 1. The van der Waals surface area contributed by atoms with E-state index in [9.17, 15) is 0 Å². The van der Waals surface area contributed by atoms with Gasteiger partial charge in [0.1, 0.15) is 0 Å². The number of hydrogen-bond donors (Lipinski definition) is 1. The average Bonchev–Trinajstić information content (AvgIpc) is 2.26. The zero-order chi connectivity index (χ0) is 12.0. The maximum atomic E-state index is 6.18. The Labute approximate surface area is 99.5 Å². The average molecular weight is 220 g/mol. The highest BCUT2D eigenvalue weighted by molar-refractivity contribution is 5.26. The van der Waals surface area contributed by atoms with Crippen molar-refractivity contribution in [2.75, 3.05) is 20.6 Å². The SMILES string of the molecule is CCCc1cccc(C(N)CCN(C)C)c1. The predicted octanol–water partition coefficient (Wildman–Crippen LogP) is 2.59. The van der Waals surface area contributed by atoms with Crippen molar-refractivity contribution in [1.82, 2.24) is 4.90 Å². The zero-order valence-corrected chi connectivity index (χ0v) is 10.7. The van der Waals surface area contributed by atoms with E-state index >= 15 is 0 Å². The fourth-order valence-corrected chi connectivity index (χ4v) is 1.83. The van der Waals surface area contributed by atoms with Crippen LogP contribution in [0.5, 0.6) is 0 Å². The first-order valence-electron chi connectivity index (χ1n) is 6.12. The van der Waals surface area contributed by atoms with Crippen molar-refractivity contribution >= 4 is 0 Å². The van der Waals surface area contributed by atoms with Gasteiger partial charge < -0.3 is 10.6 Å². The molecule has 0 aromatic heterocycles. The van der Waals surface area contributed by atoms with Crippen LogP contribution in [0.15, 0.2) is 24.3 Å². The molecule has 1 aromatic rings. The van der Waals surface area contributed by atoms with Crippen LogP contribution in [-0.2, 0) is 6.42 Å². The molecule has 0 spiro atoms. The quantitative estimate of drug-likeness (QED) is 0.798. The Bertz CT molecular complexity index is 307. The second kappa shape index (κ2) is 6.66. The lowest BCUT2D eigenvalue weighted by Gasteiger charge is -2.16. The van der Waals surface area contributed by atoms with E-state index in [1.54, 1.807) is 0 Å². The first kappa shape index (κ1) is 13.2. The molecule has 0 fully saturated rings. The first-order valence-corrected chi connectivity index (χ1v) is 6.12. The summed E-state index contributed by atoms with van der Waals surface area (Å²) in [5.41, 5.74) is 8.86. The van der Waals surface area contributed by atoms with E-state index in [1.165, 1.54) is 17.5 Å². The van der Waals surface area contributed by atoms with E-state index in [0.717, 1.165) is 19.4 Å². The summed E-state index contributed by atoms with van der Waals surface area (Å²) in [6.45, 7) is 3.25. The molecule has 2 N–H and O–H groups in total. The van der Waals surface area contributed by atoms with Gasteiger partial charge in [0.2, 0.25) is 0 Å². The van der Waals surface area contributed by atoms with Crippen molar-refractivity contribution in [2.45, 2.75) is 32.2 Å². The third-order valence-electron chi connectivity index (χ3n) is 2.81. The van der Waals surface area contributed by atoms with Gasteiger partial charge in [-0.3, -0.25) is 0 Å². The Morgan fingerprint density at radius 1 is 1.31 bits per heavy atom. The minimum atomic E-state index is 0.166. The summed E-state index contributed by atoms with van der Waals surface area (Å²) in [6, 6.07) is 8.87. The van der Waals surface area contributed by atoms with Gasteiger partial charge >= 0.3 is 0 Å². The molecule has 16 heavy (non-hydrogen) atoms. The smallest absolute Gasteiger partial charge is 0.0307 e. The van der Waals surface area contributed by atoms with Crippen LogP contribution in [0.3, 0.4) is 0 Å². The minimum Gasteiger partial charge on any atom is -0.324 e. The fourth-order valence-electron chi connectivity index (χ4n) is 1.83. The molecule has 0 amide bonds. The molecule has 0 radical (unpaired) electrons. The van der Waals surface area contributed by atoms with Crippen molar-refractivity contribution in [3.8, 4) is 0 Å². The topological polar surface area (TPSA) is 29.3 Å². The predicted molar refractivity (Wildman–Crippen MR) is 70.5 cm³/mol. The van der Waals surface area contributed by atoms with Gasteiger partial charge in [-0.1, -0.05) is 37.6 Å². The summed E-state index contributed by atoms with van der Waals surface area (Å²) in [5, 5.41) is 0. The number of nitrogens with zero attached hydrogens (tertiary/aromatic N) is 1. The molecular formula is C14H24N2. The molecule has 1 unspecified atom stereocenters. The van der Waals surface area contributed by atoms with Crippen LogP contribution >= 0.6 is 0 Å². The second-order valence-corrected chi connectivity index (χ2v) is 4.69. The third kappa shape index (κ3) is 4.33. The largest absolute Gasteiger partial charge is 0.324 e. The maximum Gasteiger partial charge on any atom is 0.0307 e. The fraction of sp³-hybridized carbons (Fsp3) is 0.571. The van der Waals surface area contributed by atoms with Crippen molar-refractivity contribution in [1.29, 1.82) is 0 Å². The van der Waals surface area contributed by atoms with Gasteiger partial charge in [0.15, 0.2) is 0 Å². The van der Waals surface area contributed by atoms with E-state index in [4.69, 9.17) is 5.73 Å². The molecule has 0 saturated heterocycles. The summed E-state index contributed by atoms with van der Waals surface area (Å²) >= 11 is 0. The summed E-state index contributed by atoms with van der Waals surface area (Å²) in [5.74, 6) is 0. The lowest BCUT2D eigenvalue weighted by molar-refractivity contribution is 0.382. The van der Waals surface area contributed by atoms with Crippen LogP contribution in [0.1, 0.15) is 36.9 Å². The first-order chi connectivity index (χ1) is 7.63. The van der Waals surface area contributed by atoms with Gasteiger partial charge in [-0.15, -0.1) is 0 Å². The van der Waals surface area contributed by atoms with E-state index in [0.29, 0.717) is 0 Å². The summed E-state index contributed by atoms with van der Waals surface area (Å²) in [4.78, 5) is 2.18. The number of aryl methyl sites for hydroxylation is 1. The molecule has 90 valence electrons. The van der Waals surface area contributed by atoms with Crippen molar-refractivity contribution in [2.24, 2.45) is 5.73 Å². The number of rotatable bonds is 6. The highest BCUT2D eigenvalue weighted by atomic mass is 15.0. The van der Waals surface area contributed by atoms with Crippen LogP contribution < -0.4 is 5.73 Å². The Kier molecular flexibility index (Phi) is 5.50. The van der Waals surface area contributed by atoms with Crippen molar-refractivity contribution in [3.05, 3.63) is 35.4 Å². The summed E-state index contributed by atoms with van der Waals surface area (Å²) in [6.07, 6.45) is 3.35. The Balaban J connectivity index is 2.60. The summed E-state index contributed by atoms with van der Waals surface area (Å²) < 4.78 is 0.